The van der Waals surface area contributed by atoms with Crippen molar-refractivity contribution in [2.75, 3.05) is 23.3 Å². The topological polar surface area (TPSA) is 74.7 Å². The number of anilines is 2. The fourth-order valence-electron chi connectivity index (χ4n) is 2.46. The Labute approximate surface area is 131 Å². The largest absolute Gasteiger partial charge is 0.444 e. The molecule has 0 saturated carbocycles. The van der Waals surface area contributed by atoms with Crippen molar-refractivity contribution in [2.45, 2.75) is 52.2 Å². The van der Waals surface area contributed by atoms with E-state index in [0.29, 0.717) is 11.5 Å². The highest BCUT2D eigenvalue weighted by Crippen LogP contribution is 2.24. The average Bonchev–Trinajstić information content (AvgIpc) is 2.45. The summed E-state index contributed by atoms with van der Waals surface area (Å²) in [5, 5.41) is 12.0. The quantitative estimate of drug-likeness (QED) is 0.898. The van der Waals surface area contributed by atoms with E-state index in [1.807, 2.05) is 32.9 Å². The summed E-state index contributed by atoms with van der Waals surface area (Å²) in [5.41, 5.74) is 0.952. The molecule has 1 aliphatic heterocycles. The third kappa shape index (κ3) is 4.87. The molecule has 2 rings (SSSR count). The first-order valence-electron chi connectivity index (χ1n) is 7.74. The van der Waals surface area contributed by atoms with Crippen molar-refractivity contribution in [3.8, 4) is 0 Å². The van der Waals surface area contributed by atoms with Gasteiger partial charge in [-0.05, 0) is 46.1 Å². The van der Waals surface area contributed by atoms with Crippen LogP contribution in [0.15, 0.2) is 12.1 Å². The van der Waals surface area contributed by atoms with Gasteiger partial charge in [0, 0.05) is 24.8 Å². The lowest BCUT2D eigenvalue weighted by molar-refractivity contribution is 0.0635. The normalized spacial score (nSPS) is 15.5. The van der Waals surface area contributed by atoms with Gasteiger partial charge in [-0.25, -0.2) is 9.78 Å². The lowest BCUT2D eigenvalue weighted by Gasteiger charge is -2.29. The van der Waals surface area contributed by atoms with Crippen molar-refractivity contribution in [2.24, 2.45) is 0 Å². The molecule has 0 spiro atoms. The molecule has 0 atom stereocenters. The second-order valence-electron chi connectivity index (χ2n) is 6.53. The van der Waals surface area contributed by atoms with Crippen molar-refractivity contribution in [1.29, 1.82) is 0 Å². The predicted octanol–water partition coefficient (Wildman–Crippen LogP) is 2.91. The highest BCUT2D eigenvalue weighted by Gasteiger charge is 2.18. The van der Waals surface area contributed by atoms with E-state index < -0.39 is 11.7 Å². The summed E-state index contributed by atoms with van der Waals surface area (Å²) in [6.07, 6.45) is 3.02. The van der Waals surface area contributed by atoms with Crippen LogP contribution in [0.2, 0.25) is 0 Å². The van der Waals surface area contributed by atoms with Gasteiger partial charge in [0.2, 0.25) is 0 Å². The number of pyridine rings is 1. The molecule has 0 aliphatic carbocycles. The minimum atomic E-state index is -0.561. The molecule has 1 saturated heterocycles. The van der Waals surface area contributed by atoms with Gasteiger partial charge in [0.05, 0.1) is 12.3 Å². The van der Waals surface area contributed by atoms with Crippen LogP contribution in [-0.2, 0) is 11.3 Å². The van der Waals surface area contributed by atoms with Gasteiger partial charge in [-0.3, -0.25) is 5.32 Å². The first-order valence-corrected chi connectivity index (χ1v) is 7.74. The maximum atomic E-state index is 11.9. The molecular weight excluding hydrogens is 282 g/mol. The smallest absolute Gasteiger partial charge is 0.413 e. The number of carbonyl (C=O) groups is 1. The SMILES string of the molecule is CC(C)(C)OC(=O)Nc1cc(N2CCCCC2)cc(CO)n1. The second kappa shape index (κ2) is 6.96. The van der Waals surface area contributed by atoms with E-state index in [9.17, 15) is 9.90 Å². The number of aliphatic hydroxyl groups is 1. The van der Waals surface area contributed by atoms with E-state index in [-0.39, 0.29) is 6.61 Å². The number of ether oxygens (including phenoxy) is 1. The van der Waals surface area contributed by atoms with Crippen LogP contribution in [0.4, 0.5) is 16.3 Å². The molecule has 2 heterocycles. The number of carbonyl (C=O) groups excluding carboxylic acids is 1. The number of piperidine rings is 1. The predicted molar refractivity (Wildman–Crippen MR) is 86.1 cm³/mol. The first kappa shape index (κ1) is 16.5. The number of amides is 1. The van der Waals surface area contributed by atoms with Crippen LogP contribution in [0.1, 0.15) is 45.7 Å². The number of hydrogen-bond donors (Lipinski definition) is 2. The molecule has 0 bridgehead atoms. The van der Waals surface area contributed by atoms with E-state index in [2.05, 4.69) is 15.2 Å². The van der Waals surface area contributed by atoms with Gasteiger partial charge in [0.15, 0.2) is 0 Å². The van der Waals surface area contributed by atoms with Crippen molar-refractivity contribution in [3.05, 3.63) is 17.8 Å². The average molecular weight is 307 g/mol. The van der Waals surface area contributed by atoms with Crippen LogP contribution in [0, 0.1) is 0 Å². The molecule has 6 nitrogen and oxygen atoms in total. The number of nitrogens with one attached hydrogen (secondary N) is 1. The zero-order valence-electron chi connectivity index (χ0n) is 13.6. The van der Waals surface area contributed by atoms with E-state index >= 15 is 0 Å². The van der Waals surface area contributed by atoms with Crippen LogP contribution < -0.4 is 10.2 Å². The number of nitrogens with zero attached hydrogens (tertiary/aromatic N) is 2. The Morgan fingerprint density at radius 2 is 2.00 bits per heavy atom. The molecule has 6 heteroatoms. The van der Waals surface area contributed by atoms with Gasteiger partial charge in [-0.15, -0.1) is 0 Å². The molecule has 1 amide bonds. The molecule has 0 unspecified atom stereocenters. The van der Waals surface area contributed by atoms with Gasteiger partial charge in [0.25, 0.3) is 0 Å². The maximum absolute atomic E-state index is 11.9. The van der Waals surface area contributed by atoms with Gasteiger partial charge in [-0.2, -0.15) is 0 Å². The highest BCUT2D eigenvalue weighted by molar-refractivity contribution is 5.84. The molecule has 1 fully saturated rings. The van der Waals surface area contributed by atoms with E-state index in [0.717, 1.165) is 31.6 Å². The zero-order valence-corrected chi connectivity index (χ0v) is 13.6. The summed E-state index contributed by atoms with van der Waals surface area (Å²) in [6.45, 7) is 7.24. The number of aliphatic hydroxyl groups excluding tert-OH is 1. The minimum Gasteiger partial charge on any atom is -0.444 e. The summed E-state index contributed by atoms with van der Waals surface area (Å²) in [5.74, 6) is 0.404. The fourth-order valence-corrected chi connectivity index (χ4v) is 2.46. The number of hydrogen-bond acceptors (Lipinski definition) is 5. The Bertz CT molecular complexity index is 520. The molecule has 1 aromatic rings. The van der Waals surface area contributed by atoms with Crippen molar-refractivity contribution in [1.82, 2.24) is 4.98 Å². The van der Waals surface area contributed by atoms with Gasteiger partial charge >= 0.3 is 6.09 Å². The Balaban J connectivity index is 2.14. The van der Waals surface area contributed by atoms with Crippen LogP contribution in [0.25, 0.3) is 0 Å². The lowest BCUT2D eigenvalue weighted by atomic mass is 10.1. The van der Waals surface area contributed by atoms with Crippen molar-refractivity contribution in [3.63, 3.8) is 0 Å². The van der Waals surface area contributed by atoms with Crippen molar-refractivity contribution >= 4 is 17.6 Å². The fraction of sp³-hybridized carbons (Fsp3) is 0.625. The van der Waals surface area contributed by atoms with Crippen LogP contribution in [0.3, 0.4) is 0 Å². The molecule has 1 aromatic heterocycles. The monoisotopic (exact) mass is 307 g/mol. The Morgan fingerprint density at radius 3 is 2.59 bits per heavy atom. The maximum Gasteiger partial charge on any atom is 0.413 e. The Kier molecular flexibility index (Phi) is 5.24. The zero-order chi connectivity index (χ0) is 16.2. The van der Waals surface area contributed by atoms with Crippen LogP contribution in [-0.4, -0.2) is 34.9 Å². The first-order chi connectivity index (χ1) is 10.4. The third-order valence-corrected chi connectivity index (χ3v) is 3.38. The third-order valence-electron chi connectivity index (χ3n) is 3.38. The Hall–Kier alpha value is -1.82. The number of rotatable bonds is 3. The van der Waals surface area contributed by atoms with Crippen LogP contribution in [0.5, 0.6) is 0 Å². The molecule has 22 heavy (non-hydrogen) atoms. The van der Waals surface area contributed by atoms with E-state index in [1.165, 1.54) is 6.42 Å². The second-order valence-corrected chi connectivity index (χ2v) is 6.53. The summed E-state index contributed by atoms with van der Waals surface area (Å²) in [7, 11) is 0. The summed E-state index contributed by atoms with van der Waals surface area (Å²) in [6, 6.07) is 3.69. The summed E-state index contributed by atoms with van der Waals surface area (Å²) < 4.78 is 5.23. The molecule has 2 N–H and O–H groups in total. The number of aromatic nitrogens is 1. The van der Waals surface area contributed by atoms with Gasteiger partial charge < -0.3 is 14.7 Å². The molecule has 1 aliphatic rings. The highest BCUT2D eigenvalue weighted by atomic mass is 16.6. The minimum absolute atomic E-state index is 0.162. The van der Waals surface area contributed by atoms with E-state index in [1.54, 1.807) is 0 Å². The standard InChI is InChI=1S/C16H25N3O3/c1-16(2,3)22-15(21)18-14-10-13(9-12(11-20)17-14)19-7-5-4-6-8-19/h9-10,20H,4-8,11H2,1-3H3,(H,17,18,21). The molecule has 0 aromatic carbocycles. The Morgan fingerprint density at radius 1 is 1.32 bits per heavy atom. The van der Waals surface area contributed by atoms with Gasteiger partial charge in [0.1, 0.15) is 11.4 Å². The van der Waals surface area contributed by atoms with E-state index in [4.69, 9.17) is 4.74 Å². The van der Waals surface area contributed by atoms with Gasteiger partial charge in [-0.1, -0.05) is 0 Å². The molecule has 0 radical (unpaired) electrons. The molecule has 122 valence electrons. The summed E-state index contributed by atoms with van der Waals surface area (Å²) in [4.78, 5) is 18.3. The van der Waals surface area contributed by atoms with Crippen molar-refractivity contribution < 1.29 is 14.6 Å². The molecular formula is C16H25N3O3. The van der Waals surface area contributed by atoms with Crippen LogP contribution >= 0.6 is 0 Å². The summed E-state index contributed by atoms with van der Waals surface area (Å²) >= 11 is 0. The lowest BCUT2D eigenvalue weighted by Crippen LogP contribution is -2.30.